The molecule has 1 fully saturated rings. The maximum absolute atomic E-state index is 13.4. The summed E-state index contributed by atoms with van der Waals surface area (Å²) in [5, 5.41) is 2.65. The van der Waals surface area contributed by atoms with Crippen molar-refractivity contribution in [1.29, 1.82) is 0 Å². The van der Waals surface area contributed by atoms with Gasteiger partial charge in [-0.1, -0.05) is 91.0 Å². The highest BCUT2D eigenvalue weighted by Gasteiger charge is 2.51. The van der Waals surface area contributed by atoms with Crippen molar-refractivity contribution in [2.24, 2.45) is 5.92 Å². The molecule has 0 saturated heterocycles. The fraction of sp³-hybridized carbons (Fsp3) is 0.395. The molecule has 3 aromatic carbocycles. The Morgan fingerprint density at radius 1 is 0.649 bits per heavy atom. The highest BCUT2D eigenvalue weighted by Crippen LogP contribution is 2.44. The molecule has 0 heterocycles. The first kappa shape index (κ1) is 42.1. The third-order valence-electron chi connectivity index (χ3n) is 9.51. The Kier molecular flexibility index (Phi) is 15.0. The SMILES string of the molecule is CC(=O)OCC1C[C@@H](OC/C=C/C[C@H](NC(=O)OCC2c3ccccc3-c3ccccc32)C(=O)OCc2ccccc2)C(OC(C)=O)[C@@H](OC(C)=O)[C@H]1OC(C)=O. The molecule has 0 spiro atoms. The van der Waals surface area contributed by atoms with Crippen LogP contribution in [0.4, 0.5) is 4.79 Å². The summed E-state index contributed by atoms with van der Waals surface area (Å²) in [5.74, 6) is -4.24. The maximum atomic E-state index is 13.4. The zero-order valence-corrected chi connectivity index (χ0v) is 32.3. The Hall–Kier alpha value is -6.02. The molecule has 1 amide bonds. The van der Waals surface area contributed by atoms with Gasteiger partial charge in [-0.15, -0.1) is 0 Å². The standard InChI is InChI=1S/C43H47NO13/c1-26(45)52-24-31-22-38(40(56-28(3)47)41(57-29(4)48)39(31)55-27(2)46)51-21-13-12-20-37(42(49)53-23-30-14-6-5-7-15-30)44-43(50)54-25-36-34-18-10-8-16-32(34)33-17-9-11-19-35(33)36/h5-19,31,36-41H,20-25H2,1-4H3,(H,44,50)/b13-12+/t31?,37-,38+,39-,40?,41-/m0/s1. The summed E-state index contributed by atoms with van der Waals surface area (Å²) in [6.07, 6.45) is -1.97. The first-order chi connectivity index (χ1) is 27.4. The monoisotopic (exact) mass is 785 g/mol. The molecule has 1 saturated carbocycles. The fourth-order valence-electron chi connectivity index (χ4n) is 7.10. The maximum Gasteiger partial charge on any atom is 0.407 e. The molecule has 5 rings (SSSR count). The first-order valence-electron chi connectivity index (χ1n) is 18.6. The number of amides is 1. The van der Waals surface area contributed by atoms with Gasteiger partial charge >= 0.3 is 35.9 Å². The van der Waals surface area contributed by atoms with Crippen LogP contribution >= 0.6 is 0 Å². The molecule has 1 N–H and O–H groups in total. The zero-order chi connectivity index (χ0) is 40.9. The van der Waals surface area contributed by atoms with Crippen molar-refractivity contribution in [2.45, 2.75) is 83.5 Å². The van der Waals surface area contributed by atoms with Crippen LogP contribution in [0.1, 0.15) is 63.1 Å². The van der Waals surface area contributed by atoms with Crippen molar-refractivity contribution < 1.29 is 61.9 Å². The van der Waals surface area contributed by atoms with Crippen LogP contribution in [0.5, 0.6) is 0 Å². The number of carbonyl (C=O) groups excluding carboxylic acids is 6. The highest BCUT2D eigenvalue weighted by molar-refractivity contribution is 5.82. The van der Waals surface area contributed by atoms with Crippen molar-refractivity contribution >= 4 is 35.9 Å². The molecule has 302 valence electrons. The Bertz CT molecular complexity index is 1880. The van der Waals surface area contributed by atoms with Gasteiger partial charge in [0, 0.05) is 39.5 Å². The van der Waals surface area contributed by atoms with E-state index in [2.05, 4.69) is 5.32 Å². The number of nitrogens with one attached hydrogen (secondary N) is 1. The van der Waals surface area contributed by atoms with E-state index in [1.165, 1.54) is 20.8 Å². The second-order valence-electron chi connectivity index (χ2n) is 13.7. The van der Waals surface area contributed by atoms with E-state index < -0.39 is 72.3 Å². The summed E-state index contributed by atoms with van der Waals surface area (Å²) in [7, 11) is 0. The van der Waals surface area contributed by atoms with Crippen LogP contribution in [0.3, 0.4) is 0 Å². The molecule has 14 heteroatoms. The summed E-state index contributed by atoms with van der Waals surface area (Å²) < 4.78 is 39.2. The molecule has 14 nitrogen and oxygen atoms in total. The second-order valence-corrected chi connectivity index (χ2v) is 13.7. The van der Waals surface area contributed by atoms with Crippen molar-refractivity contribution in [3.8, 4) is 11.1 Å². The van der Waals surface area contributed by atoms with E-state index in [9.17, 15) is 28.8 Å². The molecule has 57 heavy (non-hydrogen) atoms. The van der Waals surface area contributed by atoms with Gasteiger partial charge in [0.05, 0.1) is 19.3 Å². The normalized spacial score (nSPS) is 20.3. The van der Waals surface area contributed by atoms with Crippen LogP contribution in [0.15, 0.2) is 91.0 Å². The van der Waals surface area contributed by atoms with Gasteiger partial charge in [-0.25, -0.2) is 9.59 Å². The molecule has 2 unspecified atom stereocenters. The Labute approximate surface area is 330 Å². The van der Waals surface area contributed by atoms with Gasteiger partial charge in [-0.2, -0.15) is 0 Å². The van der Waals surface area contributed by atoms with Crippen LogP contribution < -0.4 is 5.32 Å². The molecule has 2 aliphatic rings. The van der Waals surface area contributed by atoms with Gasteiger partial charge < -0.3 is 38.5 Å². The van der Waals surface area contributed by atoms with Gasteiger partial charge in [0.2, 0.25) is 0 Å². The Morgan fingerprint density at radius 3 is 1.84 bits per heavy atom. The van der Waals surface area contributed by atoms with E-state index in [1.807, 2.05) is 78.9 Å². The summed E-state index contributed by atoms with van der Waals surface area (Å²) in [5.41, 5.74) is 5.01. The predicted molar refractivity (Wildman–Crippen MR) is 203 cm³/mol. The van der Waals surface area contributed by atoms with Gasteiger partial charge in [0.25, 0.3) is 0 Å². The Balaban J connectivity index is 1.26. The lowest BCUT2D eigenvalue weighted by molar-refractivity contribution is -0.220. The number of benzene rings is 3. The van der Waals surface area contributed by atoms with Crippen molar-refractivity contribution in [1.82, 2.24) is 5.32 Å². The van der Waals surface area contributed by atoms with Gasteiger partial charge in [-0.05, 0) is 40.7 Å². The lowest BCUT2D eigenvalue weighted by Gasteiger charge is -2.44. The lowest BCUT2D eigenvalue weighted by Crippen LogP contribution is -2.59. The average Bonchev–Trinajstić information content (AvgIpc) is 3.50. The molecule has 0 aromatic heterocycles. The van der Waals surface area contributed by atoms with Crippen LogP contribution in [0, 0.1) is 5.92 Å². The van der Waals surface area contributed by atoms with E-state index in [-0.39, 0.29) is 45.2 Å². The van der Waals surface area contributed by atoms with Crippen molar-refractivity contribution in [3.63, 3.8) is 0 Å². The minimum absolute atomic E-state index is 0.00110. The topological polar surface area (TPSA) is 179 Å². The number of carbonyl (C=O) groups is 6. The van der Waals surface area contributed by atoms with Gasteiger partial charge in [0.1, 0.15) is 25.4 Å². The molecular formula is C43H47NO13. The molecule has 2 aliphatic carbocycles. The number of alkyl carbamates (subject to hydrolysis) is 1. The molecule has 0 radical (unpaired) electrons. The van der Waals surface area contributed by atoms with E-state index in [0.717, 1.165) is 34.7 Å². The Morgan fingerprint density at radius 2 is 1.23 bits per heavy atom. The predicted octanol–water partition coefficient (Wildman–Crippen LogP) is 5.35. The smallest absolute Gasteiger partial charge is 0.407 e. The third kappa shape index (κ3) is 11.7. The molecule has 6 atom stereocenters. The van der Waals surface area contributed by atoms with Crippen LogP contribution in [-0.2, 0) is 63.7 Å². The quantitative estimate of drug-likeness (QED) is 0.112. The van der Waals surface area contributed by atoms with Crippen molar-refractivity contribution in [3.05, 3.63) is 108 Å². The summed E-state index contributed by atoms with van der Waals surface area (Å²) >= 11 is 0. The average molecular weight is 786 g/mol. The number of hydrogen-bond donors (Lipinski definition) is 1. The number of esters is 5. The van der Waals surface area contributed by atoms with Crippen molar-refractivity contribution in [2.75, 3.05) is 19.8 Å². The number of rotatable bonds is 16. The van der Waals surface area contributed by atoms with Crippen LogP contribution in [0.2, 0.25) is 0 Å². The van der Waals surface area contributed by atoms with Crippen LogP contribution in [-0.4, -0.2) is 86.2 Å². The fourth-order valence-corrected chi connectivity index (χ4v) is 7.10. The largest absolute Gasteiger partial charge is 0.465 e. The lowest BCUT2D eigenvalue weighted by atomic mass is 9.80. The van der Waals surface area contributed by atoms with E-state index >= 15 is 0 Å². The third-order valence-corrected chi connectivity index (χ3v) is 9.51. The zero-order valence-electron chi connectivity index (χ0n) is 32.3. The summed E-state index contributed by atoms with van der Waals surface area (Å²) in [6.45, 7) is 4.49. The van der Waals surface area contributed by atoms with Crippen LogP contribution in [0.25, 0.3) is 11.1 Å². The molecule has 0 bridgehead atoms. The first-order valence-corrected chi connectivity index (χ1v) is 18.6. The van der Waals surface area contributed by atoms with E-state index in [0.29, 0.717) is 0 Å². The number of ether oxygens (including phenoxy) is 7. The van der Waals surface area contributed by atoms with Gasteiger partial charge in [-0.3, -0.25) is 19.2 Å². The molecular weight excluding hydrogens is 738 g/mol. The second kappa shape index (κ2) is 20.2. The number of hydrogen-bond acceptors (Lipinski definition) is 13. The number of fused-ring (bicyclic) bond motifs is 3. The molecule has 0 aliphatic heterocycles. The minimum atomic E-state index is -1.27. The molecule has 3 aromatic rings. The minimum Gasteiger partial charge on any atom is -0.465 e. The van der Waals surface area contributed by atoms with E-state index in [4.69, 9.17) is 33.2 Å². The van der Waals surface area contributed by atoms with Gasteiger partial charge in [0.15, 0.2) is 12.2 Å². The van der Waals surface area contributed by atoms with E-state index in [1.54, 1.807) is 12.2 Å². The highest BCUT2D eigenvalue weighted by atomic mass is 16.6. The summed E-state index contributed by atoms with van der Waals surface area (Å²) in [6, 6.07) is 23.9. The summed E-state index contributed by atoms with van der Waals surface area (Å²) in [4.78, 5) is 74.7.